The Hall–Kier alpha value is -0.160. The molecule has 0 radical (unpaired) electrons. The molecule has 2 unspecified atom stereocenters. The number of unbranched alkanes of at least 4 members (excludes halogenated alkanes) is 1. The fourth-order valence-electron chi connectivity index (χ4n) is 3.50. The van der Waals surface area contributed by atoms with Gasteiger partial charge in [-0.15, -0.1) is 0 Å². The first-order valence-electron chi connectivity index (χ1n) is 8.60. The highest BCUT2D eigenvalue weighted by molar-refractivity contribution is 4.84. The molecule has 2 atom stereocenters. The van der Waals surface area contributed by atoms with Crippen molar-refractivity contribution in [3.05, 3.63) is 0 Å². The fourth-order valence-corrected chi connectivity index (χ4v) is 3.50. The lowest BCUT2D eigenvalue weighted by atomic mass is 9.94. The van der Waals surface area contributed by atoms with E-state index in [4.69, 9.17) is 0 Å². The van der Waals surface area contributed by atoms with E-state index in [2.05, 4.69) is 50.0 Å². The van der Waals surface area contributed by atoms with E-state index < -0.39 is 0 Å². The standard InChI is InChI=1S/C17H37N3O/c1-15(2)18-17(3,14-21)9-6-7-10-19(4)12-16-8-11-20(5)13-16/h15-16,18,21H,6-14H2,1-5H3. The van der Waals surface area contributed by atoms with Crippen molar-refractivity contribution >= 4 is 0 Å². The zero-order valence-corrected chi connectivity index (χ0v) is 14.9. The number of aliphatic hydroxyl groups is 1. The van der Waals surface area contributed by atoms with Crippen LogP contribution in [-0.4, -0.2) is 73.4 Å². The van der Waals surface area contributed by atoms with Crippen molar-refractivity contribution in [3.8, 4) is 0 Å². The Morgan fingerprint density at radius 2 is 2.10 bits per heavy atom. The largest absolute Gasteiger partial charge is 0.394 e. The number of nitrogens with one attached hydrogen (secondary N) is 1. The summed E-state index contributed by atoms with van der Waals surface area (Å²) in [6.07, 6.45) is 4.78. The first-order chi connectivity index (χ1) is 9.84. The third-order valence-corrected chi connectivity index (χ3v) is 4.56. The summed E-state index contributed by atoms with van der Waals surface area (Å²) in [5.41, 5.74) is -0.124. The predicted octanol–water partition coefficient (Wildman–Crippen LogP) is 1.79. The van der Waals surface area contributed by atoms with Gasteiger partial charge >= 0.3 is 0 Å². The van der Waals surface area contributed by atoms with Crippen LogP contribution in [-0.2, 0) is 0 Å². The molecule has 126 valence electrons. The lowest BCUT2D eigenvalue weighted by Crippen LogP contribution is -2.49. The van der Waals surface area contributed by atoms with Crippen LogP contribution in [0.15, 0.2) is 0 Å². The third kappa shape index (κ3) is 7.59. The molecule has 1 heterocycles. The first-order valence-corrected chi connectivity index (χ1v) is 8.60. The van der Waals surface area contributed by atoms with Crippen molar-refractivity contribution in [1.82, 2.24) is 15.1 Å². The topological polar surface area (TPSA) is 38.7 Å². The summed E-state index contributed by atoms with van der Waals surface area (Å²) in [5, 5.41) is 13.1. The molecule has 0 spiro atoms. The van der Waals surface area contributed by atoms with E-state index in [0.717, 1.165) is 12.3 Å². The van der Waals surface area contributed by atoms with Crippen LogP contribution < -0.4 is 5.32 Å². The SMILES string of the molecule is CC(C)NC(C)(CO)CCCCN(C)CC1CCN(C)C1. The first kappa shape index (κ1) is 18.9. The van der Waals surface area contributed by atoms with Gasteiger partial charge in [-0.25, -0.2) is 0 Å². The maximum atomic E-state index is 9.58. The highest BCUT2D eigenvalue weighted by Gasteiger charge is 2.23. The number of hydrogen-bond acceptors (Lipinski definition) is 4. The van der Waals surface area contributed by atoms with Gasteiger partial charge in [-0.2, -0.15) is 0 Å². The Labute approximate surface area is 131 Å². The Kier molecular flexibility index (Phi) is 8.17. The number of rotatable bonds is 10. The van der Waals surface area contributed by atoms with Gasteiger partial charge in [-0.3, -0.25) is 0 Å². The Morgan fingerprint density at radius 3 is 2.62 bits per heavy atom. The summed E-state index contributed by atoms with van der Waals surface area (Å²) in [6, 6.07) is 0.421. The molecule has 0 amide bonds. The van der Waals surface area contributed by atoms with E-state index in [-0.39, 0.29) is 12.1 Å². The van der Waals surface area contributed by atoms with E-state index in [9.17, 15) is 5.11 Å². The van der Waals surface area contributed by atoms with E-state index >= 15 is 0 Å². The molecule has 4 nitrogen and oxygen atoms in total. The van der Waals surface area contributed by atoms with E-state index in [1.54, 1.807) is 0 Å². The second-order valence-electron chi connectivity index (χ2n) is 7.65. The van der Waals surface area contributed by atoms with Gasteiger partial charge in [0.2, 0.25) is 0 Å². The molecule has 0 aliphatic carbocycles. The van der Waals surface area contributed by atoms with Crippen LogP contribution in [0.25, 0.3) is 0 Å². The third-order valence-electron chi connectivity index (χ3n) is 4.56. The molecule has 0 aromatic rings. The van der Waals surface area contributed by atoms with Crippen LogP contribution >= 0.6 is 0 Å². The van der Waals surface area contributed by atoms with Crippen molar-refractivity contribution in [2.45, 2.75) is 58.0 Å². The van der Waals surface area contributed by atoms with Crippen molar-refractivity contribution in [2.24, 2.45) is 5.92 Å². The van der Waals surface area contributed by atoms with E-state index in [1.165, 1.54) is 45.4 Å². The highest BCUT2D eigenvalue weighted by atomic mass is 16.3. The molecule has 1 saturated heterocycles. The zero-order valence-electron chi connectivity index (χ0n) is 14.9. The lowest BCUT2D eigenvalue weighted by Gasteiger charge is -2.31. The maximum Gasteiger partial charge on any atom is 0.0610 e. The average Bonchev–Trinajstić information content (AvgIpc) is 2.79. The van der Waals surface area contributed by atoms with Gasteiger partial charge in [0.25, 0.3) is 0 Å². The van der Waals surface area contributed by atoms with Crippen LogP contribution in [0.5, 0.6) is 0 Å². The van der Waals surface area contributed by atoms with Gasteiger partial charge < -0.3 is 20.2 Å². The highest BCUT2D eigenvalue weighted by Crippen LogP contribution is 2.17. The average molecular weight is 300 g/mol. The monoisotopic (exact) mass is 299 g/mol. The van der Waals surface area contributed by atoms with Crippen LogP contribution in [0.2, 0.25) is 0 Å². The van der Waals surface area contributed by atoms with Crippen LogP contribution in [0, 0.1) is 5.92 Å². The smallest absolute Gasteiger partial charge is 0.0610 e. The number of hydrogen-bond donors (Lipinski definition) is 2. The molecule has 1 fully saturated rings. The number of nitrogens with zero attached hydrogens (tertiary/aromatic N) is 2. The van der Waals surface area contributed by atoms with Gasteiger partial charge in [0.1, 0.15) is 0 Å². The summed E-state index contributed by atoms with van der Waals surface area (Å²) in [4.78, 5) is 4.92. The molecular weight excluding hydrogens is 262 g/mol. The minimum absolute atomic E-state index is 0.124. The van der Waals surface area contributed by atoms with Crippen molar-refractivity contribution in [2.75, 3.05) is 46.9 Å². The minimum Gasteiger partial charge on any atom is -0.394 e. The van der Waals surface area contributed by atoms with Crippen molar-refractivity contribution in [1.29, 1.82) is 0 Å². The molecule has 1 aliphatic rings. The molecule has 21 heavy (non-hydrogen) atoms. The molecule has 0 saturated carbocycles. The van der Waals surface area contributed by atoms with Gasteiger partial charge in [0.15, 0.2) is 0 Å². The molecular formula is C17H37N3O. The summed E-state index contributed by atoms with van der Waals surface area (Å²) < 4.78 is 0. The molecule has 1 aliphatic heterocycles. The van der Waals surface area contributed by atoms with Gasteiger partial charge in [-0.05, 0) is 59.3 Å². The fraction of sp³-hybridized carbons (Fsp3) is 1.00. The van der Waals surface area contributed by atoms with Crippen LogP contribution in [0.1, 0.15) is 46.5 Å². The summed E-state index contributed by atoms with van der Waals surface area (Å²) in [5.74, 6) is 0.852. The van der Waals surface area contributed by atoms with Crippen molar-refractivity contribution in [3.63, 3.8) is 0 Å². The summed E-state index contributed by atoms with van der Waals surface area (Å²) in [7, 11) is 4.47. The van der Waals surface area contributed by atoms with E-state index in [1.807, 2.05) is 0 Å². The second kappa shape index (κ2) is 9.09. The maximum absolute atomic E-state index is 9.58. The Morgan fingerprint density at radius 1 is 1.38 bits per heavy atom. The summed E-state index contributed by atoms with van der Waals surface area (Å²) in [6.45, 7) is 11.5. The van der Waals surface area contributed by atoms with Gasteiger partial charge in [0.05, 0.1) is 6.61 Å². The Bertz CT molecular complexity index is 285. The zero-order chi connectivity index (χ0) is 15.9. The lowest BCUT2D eigenvalue weighted by molar-refractivity contribution is 0.152. The number of likely N-dealkylation sites (tertiary alicyclic amines) is 1. The van der Waals surface area contributed by atoms with Gasteiger partial charge in [-0.1, -0.05) is 20.3 Å². The quantitative estimate of drug-likeness (QED) is 0.603. The second-order valence-corrected chi connectivity index (χ2v) is 7.65. The number of aliphatic hydroxyl groups excluding tert-OH is 1. The summed E-state index contributed by atoms with van der Waals surface area (Å²) >= 11 is 0. The van der Waals surface area contributed by atoms with Crippen LogP contribution in [0.4, 0.5) is 0 Å². The van der Waals surface area contributed by atoms with Crippen molar-refractivity contribution < 1.29 is 5.11 Å². The molecule has 0 bridgehead atoms. The molecule has 0 aromatic heterocycles. The Balaban J connectivity index is 2.14. The molecule has 1 rings (SSSR count). The molecule has 0 aromatic carbocycles. The van der Waals surface area contributed by atoms with Crippen LogP contribution in [0.3, 0.4) is 0 Å². The molecule has 2 N–H and O–H groups in total. The molecule has 4 heteroatoms. The van der Waals surface area contributed by atoms with E-state index in [0.29, 0.717) is 6.04 Å². The normalized spacial score (nSPS) is 23.1. The predicted molar refractivity (Wildman–Crippen MR) is 90.7 cm³/mol. The minimum atomic E-state index is -0.124. The van der Waals surface area contributed by atoms with Gasteiger partial charge in [0, 0.05) is 24.7 Å².